The lowest BCUT2D eigenvalue weighted by Gasteiger charge is -2.28. The molecular formula is C14H27NO. The summed E-state index contributed by atoms with van der Waals surface area (Å²) in [6, 6.07) is 0. The molecule has 0 aromatic heterocycles. The van der Waals surface area contributed by atoms with Crippen molar-refractivity contribution in [3.63, 3.8) is 0 Å². The van der Waals surface area contributed by atoms with Gasteiger partial charge in [-0.25, -0.2) is 0 Å². The van der Waals surface area contributed by atoms with Crippen molar-refractivity contribution in [3.05, 3.63) is 0 Å². The lowest BCUT2D eigenvalue weighted by atomic mass is 9.77. The third-order valence-corrected chi connectivity index (χ3v) is 4.01. The molecule has 0 amide bonds. The zero-order valence-electron chi connectivity index (χ0n) is 11.1. The topological polar surface area (TPSA) is 29.1 Å². The predicted molar refractivity (Wildman–Crippen MR) is 68.5 cm³/mol. The van der Waals surface area contributed by atoms with Crippen LogP contribution < -0.4 is 5.32 Å². The molecule has 1 fully saturated rings. The van der Waals surface area contributed by atoms with Gasteiger partial charge in [0.1, 0.15) is 5.78 Å². The van der Waals surface area contributed by atoms with Crippen molar-refractivity contribution in [3.8, 4) is 0 Å². The number of hydrogen-bond acceptors (Lipinski definition) is 2. The van der Waals surface area contributed by atoms with E-state index in [4.69, 9.17) is 0 Å². The summed E-state index contributed by atoms with van der Waals surface area (Å²) in [4.78, 5) is 12.2. The van der Waals surface area contributed by atoms with Gasteiger partial charge in [0.15, 0.2) is 0 Å². The molecule has 0 bridgehead atoms. The molecule has 0 aromatic rings. The lowest BCUT2D eigenvalue weighted by Crippen LogP contribution is -2.32. The standard InChI is InChI=1S/C14H27NO/c1-4-12-6-8-13(9-7-12)14(16)11(3)10-15-5-2/h11-13,15H,4-10H2,1-3H3. The molecule has 1 aliphatic carbocycles. The van der Waals surface area contributed by atoms with Gasteiger partial charge in [0.05, 0.1) is 0 Å². The molecule has 0 saturated heterocycles. The number of carbonyl (C=O) groups excluding carboxylic acids is 1. The Bertz CT molecular complexity index is 207. The van der Waals surface area contributed by atoms with Crippen LogP contribution in [0.5, 0.6) is 0 Å². The maximum Gasteiger partial charge on any atom is 0.140 e. The summed E-state index contributed by atoms with van der Waals surface area (Å²) >= 11 is 0. The van der Waals surface area contributed by atoms with Gasteiger partial charge in [-0.1, -0.05) is 27.2 Å². The molecule has 1 aliphatic rings. The zero-order valence-corrected chi connectivity index (χ0v) is 11.1. The minimum Gasteiger partial charge on any atom is -0.316 e. The Morgan fingerprint density at radius 2 is 1.88 bits per heavy atom. The second kappa shape index (κ2) is 7.05. The smallest absolute Gasteiger partial charge is 0.140 e. The summed E-state index contributed by atoms with van der Waals surface area (Å²) in [6.45, 7) is 8.23. The molecule has 2 heteroatoms. The highest BCUT2D eigenvalue weighted by atomic mass is 16.1. The van der Waals surface area contributed by atoms with Gasteiger partial charge in [-0.2, -0.15) is 0 Å². The average molecular weight is 225 g/mol. The summed E-state index contributed by atoms with van der Waals surface area (Å²) < 4.78 is 0. The third kappa shape index (κ3) is 3.89. The molecule has 0 aliphatic heterocycles. The summed E-state index contributed by atoms with van der Waals surface area (Å²) in [6.07, 6.45) is 6.08. The first-order valence-electron chi connectivity index (χ1n) is 6.93. The van der Waals surface area contributed by atoms with Crippen molar-refractivity contribution in [1.29, 1.82) is 0 Å². The molecule has 16 heavy (non-hydrogen) atoms. The number of nitrogens with one attached hydrogen (secondary N) is 1. The van der Waals surface area contributed by atoms with E-state index in [-0.39, 0.29) is 5.92 Å². The Labute approximate surface area is 100 Å². The van der Waals surface area contributed by atoms with E-state index in [1.54, 1.807) is 0 Å². The van der Waals surface area contributed by atoms with Crippen molar-refractivity contribution in [2.45, 2.75) is 52.9 Å². The van der Waals surface area contributed by atoms with E-state index in [0.29, 0.717) is 11.7 Å². The number of carbonyl (C=O) groups is 1. The van der Waals surface area contributed by atoms with Gasteiger partial charge in [0.2, 0.25) is 0 Å². The quantitative estimate of drug-likeness (QED) is 0.753. The number of hydrogen-bond donors (Lipinski definition) is 1. The average Bonchev–Trinajstić information content (AvgIpc) is 2.35. The molecule has 1 atom stereocenters. The molecule has 0 heterocycles. The van der Waals surface area contributed by atoms with Gasteiger partial charge in [-0.15, -0.1) is 0 Å². The van der Waals surface area contributed by atoms with Crippen molar-refractivity contribution in [2.75, 3.05) is 13.1 Å². The van der Waals surface area contributed by atoms with E-state index in [9.17, 15) is 4.79 Å². The van der Waals surface area contributed by atoms with E-state index in [1.807, 2.05) is 0 Å². The number of Topliss-reactive ketones (excluding diaryl/α,β-unsaturated/α-hetero) is 1. The summed E-state index contributed by atoms with van der Waals surface area (Å²) in [5, 5.41) is 3.27. The van der Waals surface area contributed by atoms with Crippen LogP contribution in [-0.4, -0.2) is 18.9 Å². The van der Waals surface area contributed by atoms with Gasteiger partial charge < -0.3 is 5.32 Å². The Morgan fingerprint density at radius 1 is 1.25 bits per heavy atom. The third-order valence-electron chi connectivity index (χ3n) is 4.01. The van der Waals surface area contributed by atoms with Crippen LogP contribution in [0.1, 0.15) is 52.9 Å². The maximum atomic E-state index is 12.2. The van der Waals surface area contributed by atoms with Crippen LogP contribution in [0, 0.1) is 17.8 Å². The fourth-order valence-electron chi connectivity index (χ4n) is 2.72. The highest BCUT2D eigenvalue weighted by molar-refractivity contribution is 5.83. The van der Waals surface area contributed by atoms with Crippen molar-refractivity contribution >= 4 is 5.78 Å². The molecule has 2 nitrogen and oxygen atoms in total. The van der Waals surface area contributed by atoms with E-state index < -0.39 is 0 Å². The van der Waals surface area contributed by atoms with Crippen LogP contribution in [0.25, 0.3) is 0 Å². The molecule has 1 saturated carbocycles. The van der Waals surface area contributed by atoms with E-state index in [2.05, 4.69) is 26.1 Å². The zero-order chi connectivity index (χ0) is 12.0. The molecule has 1 unspecified atom stereocenters. The molecule has 1 rings (SSSR count). The Kier molecular flexibility index (Phi) is 6.04. The molecule has 1 N–H and O–H groups in total. The first-order chi connectivity index (χ1) is 7.69. The van der Waals surface area contributed by atoms with Gasteiger partial charge in [-0.05, 0) is 38.1 Å². The van der Waals surface area contributed by atoms with Crippen molar-refractivity contribution in [2.24, 2.45) is 17.8 Å². The largest absolute Gasteiger partial charge is 0.316 e. The van der Waals surface area contributed by atoms with E-state index in [0.717, 1.165) is 31.8 Å². The van der Waals surface area contributed by atoms with Crippen molar-refractivity contribution < 1.29 is 4.79 Å². The maximum absolute atomic E-state index is 12.2. The Hall–Kier alpha value is -0.370. The van der Waals surface area contributed by atoms with Crippen LogP contribution in [0.15, 0.2) is 0 Å². The Morgan fingerprint density at radius 3 is 2.38 bits per heavy atom. The fourth-order valence-corrected chi connectivity index (χ4v) is 2.72. The highest BCUT2D eigenvalue weighted by Crippen LogP contribution is 2.32. The van der Waals surface area contributed by atoms with E-state index in [1.165, 1.54) is 19.3 Å². The van der Waals surface area contributed by atoms with Crippen LogP contribution in [0.4, 0.5) is 0 Å². The van der Waals surface area contributed by atoms with Gasteiger partial charge in [0.25, 0.3) is 0 Å². The summed E-state index contributed by atoms with van der Waals surface area (Å²) in [5.41, 5.74) is 0. The predicted octanol–water partition coefficient (Wildman–Crippen LogP) is 3.02. The monoisotopic (exact) mass is 225 g/mol. The number of rotatable bonds is 6. The highest BCUT2D eigenvalue weighted by Gasteiger charge is 2.27. The molecule has 94 valence electrons. The second-order valence-corrected chi connectivity index (χ2v) is 5.24. The van der Waals surface area contributed by atoms with Gasteiger partial charge in [-0.3, -0.25) is 4.79 Å². The molecule has 0 radical (unpaired) electrons. The molecular weight excluding hydrogens is 198 g/mol. The van der Waals surface area contributed by atoms with Crippen LogP contribution >= 0.6 is 0 Å². The van der Waals surface area contributed by atoms with Crippen molar-refractivity contribution in [1.82, 2.24) is 5.32 Å². The normalized spacial score (nSPS) is 27.7. The SMILES string of the molecule is CCNCC(C)C(=O)C1CCC(CC)CC1. The first kappa shape index (κ1) is 13.7. The van der Waals surface area contributed by atoms with E-state index >= 15 is 0 Å². The van der Waals surface area contributed by atoms with Crippen LogP contribution in [0.2, 0.25) is 0 Å². The molecule has 0 aromatic carbocycles. The minimum atomic E-state index is 0.197. The van der Waals surface area contributed by atoms with Crippen LogP contribution in [-0.2, 0) is 4.79 Å². The first-order valence-corrected chi connectivity index (χ1v) is 6.93. The van der Waals surface area contributed by atoms with Gasteiger partial charge in [0, 0.05) is 18.4 Å². The lowest BCUT2D eigenvalue weighted by molar-refractivity contribution is -0.127. The number of ketones is 1. The Balaban J connectivity index is 2.32. The summed E-state index contributed by atoms with van der Waals surface area (Å²) in [5.74, 6) is 1.93. The fraction of sp³-hybridized carbons (Fsp3) is 0.929. The minimum absolute atomic E-state index is 0.197. The van der Waals surface area contributed by atoms with Crippen LogP contribution in [0.3, 0.4) is 0 Å². The molecule has 0 spiro atoms. The second-order valence-electron chi connectivity index (χ2n) is 5.24. The van der Waals surface area contributed by atoms with Gasteiger partial charge >= 0.3 is 0 Å². The summed E-state index contributed by atoms with van der Waals surface area (Å²) in [7, 11) is 0.